The number of pyridine rings is 1. The molecule has 0 fully saturated rings. The van der Waals surface area contributed by atoms with Crippen molar-refractivity contribution in [2.24, 2.45) is 0 Å². The van der Waals surface area contributed by atoms with Gasteiger partial charge in [-0.3, -0.25) is 14.7 Å². The second kappa shape index (κ2) is 9.49. The lowest BCUT2D eigenvalue weighted by Gasteiger charge is -2.20. The minimum absolute atomic E-state index is 0.0603. The summed E-state index contributed by atoms with van der Waals surface area (Å²) in [6.45, 7) is 8.76. The number of hydrogen-bond acceptors (Lipinski definition) is 5. The van der Waals surface area contributed by atoms with Crippen LogP contribution < -0.4 is 9.64 Å². The molecule has 0 atom stereocenters. The fourth-order valence-electron chi connectivity index (χ4n) is 3.59. The number of benzene rings is 2. The minimum atomic E-state index is -0.143. The van der Waals surface area contributed by atoms with Gasteiger partial charge in [0.1, 0.15) is 5.75 Å². The highest BCUT2D eigenvalue weighted by Gasteiger charge is 2.21. The number of carbonyl (C=O) groups is 1. The second-order valence-electron chi connectivity index (χ2n) is 8.28. The number of amides is 1. The van der Waals surface area contributed by atoms with E-state index >= 15 is 0 Å². The molecule has 0 aliphatic carbocycles. The second-order valence-corrected chi connectivity index (χ2v) is 9.26. The molecule has 0 aliphatic heterocycles. The van der Waals surface area contributed by atoms with Crippen LogP contribution in [0.2, 0.25) is 0 Å². The summed E-state index contributed by atoms with van der Waals surface area (Å²) in [4.78, 5) is 23.9. The zero-order valence-electron chi connectivity index (χ0n) is 18.8. The summed E-state index contributed by atoms with van der Waals surface area (Å²) in [6, 6.07) is 15.9. The molecule has 0 unspecified atom stereocenters. The van der Waals surface area contributed by atoms with E-state index in [1.165, 1.54) is 22.5 Å². The number of ether oxygens (including phenoxy) is 1. The van der Waals surface area contributed by atoms with Crippen molar-refractivity contribution < 1.29 is 9.53 Å². The van der Waals surface area contributed by atoms with Crippen molar-refractivity contribution >= 4 is 32.6 Å². The van der Waals surface area contributed by atoms with Gasteiger partial charge in [0, 0.05) is 12.4 Å². The molecule has 5 nitrogen and oxygen atoms in total. The Labute approximate surface area is 192 Å². The van der Waals surface area contributed by atoms with E-state index in [2.05, 4.69) is 44.8 Å². The van der Waals surface area contributed by atoms with Crippen LogP contribution in [0.5, 0.6) is 5.75 Å². The zero-order chi connectivity index (χ0) is 22.7. The largest absolute Gasteiger partial charge is 0.484 e. The molecule has 0 N–H and O–H groups in total. The summed E-state index contributed by atoms with van der Waals surface area (Å²) in [5, 5.41) is 0.668. The van der Waals surface area contributed by atoms with E-state index in [1.807, 2.05) is 36.4 Å². The molecule has 4 aromatic rings. The first-order chi connectivity index (χ1) is 15.4. The summed E-state index contributed by atoms with van der Waals surface area (Å²) >= 11 is 1.53. The first kappa shape index (κ1) is 22.0. The first-order valence-electron chi connectivity index (χ1n) is 10.7. The Balaban J connectivity index is 1.59. The molecule has 164 valence electrons. The standard InChI is InChI=1S/C26H27N3O2S/c1-17(2)21-7-9-22(10-8-21)31-16-24(30)29(15-20-6-5-11-27-14-20)26-28-23-13-18(3)12-19(4)25(23)32-26/h5-14,17H,15-16H2,1-4H3. The number of thiazole rings is 1. The highest BCUT2D eigenvalue weighted by molar-refractivity contribution is 7.22. The van der Waals surface area contributed by atoms with E-state index in [0.717, 1.165) is 21.3 Å². The Morgan fingerprint density at radius 2 is 1.91 bits per heavy atom. The minimum Gasteiger partial charge on any atom is -0.484 e. The molecule has 0 bridgehead atoms. The fourth-order valence-corrected chi connectivity index (χ4v) is 4.62. The monoisotopic (exact) mass is 445 g/mol. The Morgan fingerprint density at radius 3 is 2.59 bits per heavy atom. The number of hydrogen-bond donors (Lipinski definition) is 0. The van der Waals surface area contributed by atoms with Crippen molar-refractivity contribution in [1.29, 1.82) is 0 Å². The van der Waals surface area contributed by atoms with Crippen LogP contribution >= 0.6 is 11.3 Å². The molecule has 0 radical (unpaired) electrons. The Morgan fingerprint density at radius 1 is 1.12 bits per heavy atom. The summed E-state index contributed by atoms with van der Waals surface area (Å²) in [5.74, 6) is 0.988. The van der Waals surface area contributed by atoms with Gasteiger partial charge in [0.25, 0.3) is 5.91 Å². The van der Waals surface area contributed by atoms with Crippen molar-refractivity contribution in [3.63, 3.8) is 0 Å². The SMILES string of the molecule is Cc1cc(C)c2sc(N(Cc3cccnc3)C(=O)COc3ccc(C(C)C)cc3)nc2c1. The van der Waals surface area contributed by atoms with Crippen LogP contribution in [0.3, 0.4) is 0 Å². The molecular formula is C26H27N3O2S. The highest BCUT2D eigenvalue weighted by Crippen LogP contribution is 2.33. The molecule has 0 saturated heterocycles. The average molecular weight is 446 g/mol. The van der Waals surface area contributed by atoms with Gasteiger partial charge in [-0.05, 0) is 66.3 Å². The van der Waals surface area contributed by atoms with Crippen LogP contribution in [-0.2, 0) is 11.3 Å². The Bertz CT molecular complexity index is 1220. The summed E-state index contributed by atoms with van der Waals surface area (Å²) in [7, 11) is 0. The molecule has 32 heavy (non-hydrogen) atoms. The summed E-state index contributed by atoms with van der Waals surface area (Å²) < 4.78 is 6.93. The van der Waals surface area contributed by atoms with Crippen LogP contribution in [0.25, 0.3) is 10.2 Å². The van der Waals surface area contributed by atoms with Gasteiger partial charge in [-0.2, -0.15) is 0 Å². The van der Waals surface area contributed by atoms with E-state index in [0.29, 0.717) is 23.3 Å². The van der Waals surface area contributed by atoms with Gasteiger partial charge in [-0.25, -0.2) is 4.98 Å². The molecule has 2 aromatic heterocycles. The Kier molecular flexibility index (Phi) is 6.51. The van der Waals surface area contributed by atoms with Crippen molar-refractivity contribution in [3.05, 3.63) is 83.2 Å². The predicted octanol–water partition coefficient (Wildman–Crippen LogP) is 6.04. The zero-order valence-corrected chi connectivity index (χ0v) is 19.6. The normalized spacial score (nSPS) is 11.2. The topological polar surface area (TPSA) is 55.3 Å². The molecule has 6 heteroatoms. The van der Waals surface area contributed by atoms with E-state index in [9.17, 15) is 4.79 Å². The molecule has 2 aromatic carbocycles. The van der Waals surface area contributed by atoms with Crippen LogP contribution in [0.15, 0.2) is 60.9 Å². The smallest absolute Gasteiger partial charge is 0.267 e. The molecular weight excluding hydrogens is 418 g/mol. The van der Waals surface area contributed by atoms with E-state index in [4.69, 9.17) is 9.72 Å². The maximum Gasteiger partial charge on any atom is 0.267 e. The molecule has 2 heterocycles. The molecule has 4 rings (SSSR count). The lowest BCUT2D eigenvalue weighted by molar-refractivity contribution is -0.120. The number of aromatic nitrogens is 2. The lowest BCUT2D eigenvalue weighted by atomic mass is 10.0. The van der Waals surface area contributed by atoms with Gasteiger partial charge >= 0.3 is 0 Å². The fraction of sp³-hybridized carbons (Fsp3) is 0.269. The summed E-state index contributed by atoms with van der Waals surface area (Å²) in [6.07, 6.45) is 3.50. The van der Waals surface area contributed by atoms with Gasteiger partial charge in [-0.15, -0.1) is 0 Å². The maximum absolute atomic E-state index is 13.3. The van der Waals surface area contributed by atoms with Crippen LogP contribution in [0.1, 0.15) is 42.0 Å². The van der Waals surface area contributed by atoms with Gasteiger partial charge in [-0.1, -0.05) is 49.4 Å². The number of rotatable bonds is 7. The number of fused-ring (bicyclic) bond motifs is 1. The Hall–Kier alpha value is -3.25. The average Bonchev–Trinajstić information content (AvgIpc) is 3.21. The quantitative estimate of drug-likeness (QED) is 0.348. The number of anilines is 1. The number of aryl methyl sites for hydroxylation is 2. The highest BCUT2D eigenvalue weighted by atomic mass is 32.1. The van der Waals surface area contributed by atoms with Crippen LogP contribution in [0.4, 0.5) is 5.13 Å². The molecule has 1 amide bonds. The maximum atomic E-state index is 13.3. The third kappa shape index (κ3) is 4.97. The lowest BCUT2D eigenvalue weighted by Crippen LogP contribution is -2.34. The number of carbonyl (C=O) groups excluding carboxylic acids is 1. The van der Waals surface area contributed by atoms with Gasteiger partial charge in [0.05, 0.1) is 16.8 Å². The van der Waals surface area contributed by atoms with Crippen molar-refractivity contribution in [2.45, 2.75) is 40.2 Å². The van der Waals surface area contributed by atoms with Gasteiger partial charge < -0.3 is 4.74 Å². The third-order valence-electron chi connectivity index (χ3n) is 5.31. The van der Waals surface area contributed by atoms with Gasteiger partial charge in [0.2, 0.25) is 0 Å². The van der Waals surface area contributed by atoms with Crippen molar-refractivity contribution in [3.8, 4) is 5.75 Å². The predicted molar refractivity (Wildman–Crippen MR) is 131 cm³/mol. The van der Waals surface area contributed by atoms with Crippen molar-refractivity contribution in [1.82, 2.24) is 9.97 Å². The van der Waals surface area contributed by atoms with Crippen LogP contribution in [0, 0.1) is 13.8 Å². The number of nitrogens with zero attached hydrogens (tertiary/aromatic N) is 3. The summed E-state index contributed by atoms with van der Waals surface area (Å²) in [5.41, 5.74) is 5.41. The van der Waals surface area contributed by atoms with Crippen molar-refractivity contribution in [2.75, 3.05) is 11.5 Å². The molecule has 0 spiro atoms. The van der Waals surface area contributed by atoms with E-state index < -0.39 is 0 Å². The van der Waals surface area contributed by atoms with Gasteiger partial charge in [0.15, 0.2) is 11.7 Å². The molecule has 0 saturated carbocycles. The molecule has 0 aliphatic rings. The van der Waals surface area contributed by atoms with Crippen LogP contribution in [-0.4, -0.2) is 22.5 Å². The van der Waals surface area contributed by atoms with E-state index in [1.54, 1.807) is 17.3 Å². The first-order valence-corrected chi connectivity index (χ1v) is 11.5. The van der Waals surface area contributed by atoms with E-state index in [-0.39, 0.29) is 12.5 Å². The third-order valence-corrected chi connectivity index (χ3v) is 6.54.